The maximum absolute atomic E-state index is 12.6. The molecule has 0 atom stereocenters. The Morgan fingerprint density at radius 3 is 2.50 bits per heavy atom. The smallest absolute Gasteiger partial charge is 0.389 e. The Morgan fingerprint density at radius 1 is 1.09 bits per heavy atom. The lowest BCUT2D eigenvalue weighted by molar-refractivity contribution is -0.129. The van der Waals surface area contributed by atoms with Crippen molar-refractivity contribution in [2.24, 2.45) is 0 Å². The molecule has 1 aromatic heterocycles. The third kappa shape index (κ3) is 5.98. The van der Waals surface area contributed by atoms with Gasteiger partial charge in [-0.3, -0.25) is 4.79 Å². The molecule has 1 heterocycles. The summed E-state index contributed by atoms with van der Waals surface area (Å²) < 4.78 is 54.3. The molecule has 172 valence electrons. The van der Waals surface area contributed by atoms with Gasteiger partial charge < -0.3 is 19.5 Å². The summed E-state index contributed by atoms with van der Waals surface area (Å²) in [4.78, 5) is 17.0. The molecule has 0 aliphatic heterocycles. The van der Waals surface area contributed by atoms with Crippen LogP contribution in [0.4, 0.5) is 18.9 Å². The minimum absolute atomic E-state index is 0.0444. The number of methoxy groups -OCH3 is 3. The van der Waals surface area contributed by atoms with Crippen molar-refractivity contribution in [2.45, 2.75) is 23.4 Å². The predicted octanol–water partition coefficient (Wildman–Crippen LogP) is 5.55. The normalized spacial score (nSPS) is 11.4. The number of benzene rings is 2. The summed E-state index contributed by atoms with van der Waals surface area (Å²) in [6.45, 7) is 0. The van der Waals surface area contributed by atoms with Crippen molar-refractivity contribution in [3.63, 3.8) is 0 Å². The molecule has 0 radical (unpaired) electrons. The van der Waals surface area contributed by atoms with E-state index in [-0.39, 0.29) is 18.1 Å². The van der Waals surface area contributed by atoms with Gasteiger partial charge in [0.05, 0.1) is 44.4 Å². The molecule has 0 spiro atoms. The fourth-order valence-corrected chi connectivity index (χ4v) is 5.14. The van der Waals surface area contributed by atoms with Crippen LogP contribution in [0.5, 0.6) is 17.2 Å². The van der Waals surface area contributed by atoms with Crippen LogP contribution in [0.2, 0.25) is 0 Å². The maximum Gasteiger partial charge on any atom is 0.389 e. The molecule has 0 fully saturated rings. The molecule has 3 rings (SSSR count). The van der Waals surface area contributed by atoms with E-state index in [4.69, 9.17) is 14.2 Å². The number of thiazole rings is 1. The molecule has 1 amide bonds. The topological polar surface area (TPSA) is 69.7 Å². The van der Waals surface area contributed by atoms with E-state index in [1.165, 1.54) is 32.7 Å². The van der Waals surface area contributed by atoms with E-state index in [2.05, 4.69) is 10.3 Å². The molecule has 0 bridgehead atoms. The summed E-state index contributed by atoms with van der Waals surface area (Å²) in [6, 6.07) is 8.62. The summed E-state index contributed by atoms with van der Waals surface area (Å²) in [5.41, 5.74) is 1.87. The van der Waals surface area contributed by atoms with Crippen molar-refractivity contribution in [3.05, 3.63) is 35.9 Å². The number of carbonyl (C=O) groups is 1. The summed E-state index contributed by atoms with van der Waals surface area (Å²) in [6.07, 6.45) is -5.00. The Bertz CT molecular complexity index is 1100. The quantitative estimate of drug-likeness (QED) is 0.400. The van der Waals surface area contributed by atoms with Crippen LogP contribution in [0.1, 0.15) is 12.0 Å². The van der Waals surface area contributed by atoms with Gasteiger partial charge in [-0.2, -0.15) is 13.2 Å². The first-order valence-corrected chi connectivity index (χ1v) is 11.2. The van der Waals surface area contributed by atoms with Crippen LogP contribution >= 0.6 is 23.1 Å². The summed E-state index contributed by atoms with van der Waals surface area (Å²) in [5.74, 6) is 0.967. The van der Waals surface area contributed by atoms with Gasteiger partial charge in [-0.05, 0) is 24.3 Å². The van der Waals surface area contributed by atoms with Crippen molar-refractivity contribution in [2.75, 3.05) is 32.4 Å². The van der Waals surface area contributed by atoms with Crippen molar-refractivity contribution in [3.8, 4) is 17.2 Å². The van der Waals surface area contributed by atoms with E-state index in [1.54, 1.807) is 30.3 Å². The first-order valence-electron chi connectivity index (χ1n) is 9.42. The minimum Gasteiger partial charge on any atom is -0.493 e. The van der Waals surface area contributed by atoms with E-state index in [1.807, 2.05) is 0 Å². The number of fused-ring (bicyclic) bond motifs is 1. The molecule has 0 unspecified atom stereocenters. The second-order valence-electron chi connectivity index (χ2n) is 6.59. The van der Waals surface area contributed by atoms with Gasteiger partial charge in [0.1, 0.15) is 0 Å². The average Bonchev–Trinajstić information content (AvgIpc) is 3.14. The Labute approximate surface area is 191 Å². The number of aromatic nitrogens is 1. The molecular formula is C21H21F3N2O4S2. The standard InChI is InChI=1S/C21H21F3N2O4S2/c1-28-15-7-4-12(18(29-2)19(15)30-3)10-17(27)25-13-5-6-14-16(11-13)32-20(26-14)31-9-8-21(22,23)24/h4-7,11H,8-10H2,1-3H3,(H,25,27). The summed E-state index contributed by atoms with van der Waals surface area (Å²) in [5, 5.41) is 2.83. The summed E-state index contributed by atoms with van der Waals surface area (Å²) >= 11 is 2.36. The Balaban J connectivity index is 1.69. The molecule has 2 aromatic carbocycles. The highest BCUT2D eigenvalue weighted by Gasteiger charge is 2.26. The molecule has 0 saturated heterocycles. The lowest BCUT2D eigenvalue weighted by Crippen LogP contribution is -2.15. The number of alkyl halides is 3. The van der Waals surface area contributed by atoms with Crippen molar-refractivity contribution in [1.29, 1.82) is 0 Å². The van der Waals surface area contributed by atoms with Gasteiger partial charge in [0.15, 0.2) is 15.8 Å². The zero-order chi connectivity index (χ0) is 23.3. The Morgan fingerprint density at radius 2 is 1.84 bits per heavy atom. The van der Waals surface area contributed by atoms with Crippen LogP contribution in [0.15, 0.2) is 34.7 Å². The molecule has 0 aliphatic rings. The van der Waals surface area contributed by atoms with E-state index in [9.17, 15) is 18.0 Å². The number of hydrogen-bond acceptors (Lipinski definition) is 7. The number of amides is 1. The molecule has 0 saturated carbocycles. The van der Waals surface area contributed by atoms with E-state index < -0.39 is 12.6 Å². The number of halogens is 3. The van der Waals surface area contributed by atoms with Crippen LogP contribution < -0.4 is 19.5 Å². The van der Waals surface area contributed by atoms with Gasteiger partial charge in [-0.15, -0.1) is 11.3 Å². The lowest BCUT2D eigenvalue weighted by atomic mass is 10.1. The van der Waals surface area contributed by atoms with Crippen LogP contribution in [0, 0.1) is 0 Å². The molecule has 3 aromatic rings. The van der Waals surface area contributed by atoms with E-state index in [0.717, 1.165) is 16.5 Å². The second-order valence-corrected chi connectivity index (χ2v) is 8.97. The molecule has 0 aliphatic carbocycles. The van der Waals surface area contributed by atoms with Crippen molar-refractivity contribution >= 4 is 44.9 Å². The highest BCUT2D eigenvalue weighted by molar-refractivity contribution is 8.01. The minimum atomic E-state index is -4.18. The van der Waals surface area contributed by atoms with Gasteiger partial charge in [-0.25, -0.2) is 4.98 Å². The third-order valence-electron chi connectivity index (χ3n) is 4.40. The molecular weight excluding hydrogens is 465 g/mol. The number of ether oxygens (including phenoxy) is 3. The highest BCUT2D eigenvalue weighted by atomic mass is 32.2. The number of nitrogens with zero attached hydrogens (tertiary/aromatic N) is 1. The van der Waals surface area contributed by atoms with E-state index >= 15 is 0 Å². The number of carbonyl (C=O) groups excluding carboxylic acids is 1. The molecule has 32 heavy (non-hydrogen) atoms. The van der Waals surface area contributed by atoms with Crippen molar-refractivity contribution < 1.29 is 32.2 Å². The van der Waals surface area contributed by atoms with Gasteiger partial charge in [0.25, 0.3) is 0 Å². The number of anilines is 1. The SMILES string of the molecule is COc1ccc(CC(=O)Nc2ccc3nc(SCCC(F)(F)F)sc3c2)c(OC)c1OC. The second kappa shape index (κ2) is 10.3. The number of hydrogen-bond donors (Lipinski definition) is 1. The zero-order valence-corrected chi connectivity index (χ0v) is 19.2. The third-order valence-corrected chi connectivity index (χ3v) is 6.56. The molecule has 11 heteroatoms. The van der Waals surface area contributed by atoms with Gasteiger partial charge in [0, 0.05) is 17.0 Å². The predicted molar refractivity (Wildman–Crippen MR) is 119 cm³/mol. The number of nitrogens with one attached hydrogen (secondary N) is 1. The van der Waals surface area contributed by atoms with Crippen molar-refractivity contribution in [1.82, 2.24) is 4.98 Å². The number of thioether (sulfide) groups is 1. The van der Waals surface area contributed by atoms with Gasteiger partial charge >= 0.3 is 6.18 Å². The van der Waals surface area contributed by atoms with Crippen LogP contribution in [0.3, 0.4) is 0 Å². The summed E-state index contributed by atoms with van der Waals surface area (Å²) in [7, 11) is 4.49. The van der Waals surface area contributed by atoms with Gasteiger partial charge in [-0.1, -0.05) is 17.8 Å². The molecule has 6 nitrogen and oxygen atoms in total. The largest absolute Gasteiger partial charge is 0.493 e. The maximum atomic E-state index is 12.6. The fourth-order valence-electron chi connectivity index (χ4n) is 2.98. The zero-order valence-electron chi connectivity index (χ0n) is 17.5. The Kier molecular flexibility index (Phi) is 7.73. The first-order chi connectivity index (χ1) is 15.2. The van der Waals surface area contributed by atoms with Crippen LogP contribution in [-0.4, -0.2) is 44.1 Å². The number of rotatable bonds is 9. The fraction of sp³-hybridized carbons (Fsp3) is 0.333. The average molecular weight is 487 g/mol. The van der Waals surface area contributed by atoms with Gasteiger partial charge in [0.2, 0.25) is 11.7 Å². The van der Waals surface area contributed by atoms with E-state index in [0.29, 0.717) is 38.4 Å². The lowest BCUT2D eigenvalue weighted by Gasteiger charge is -2.15. The Hall–Kier alpha value is -2.66. The molecule has 1 N–H and O–H groups in total. The monoisotopic (exact) mass is 486 g/mol. The highest BCUT2D eigenvalue weighted by Crippen LogP contribution is 2.40. The van der Waals surface area contributed by atoms with Crippen LogP contribution in [-0.2, 0) is 11.2 Å². The first kappa shape index (κ1) is 24.0. The van der Waals surface area contributed by atoms with Crippen LogP contribution in [0.25, 0.3) is 10.2 Å².